The number of carbonyl (C=O) groups is 1. The Morgan fingerprint density at radius 2 is 1.72 bits per heavy atom. The lowest BCUT2D eigenvalue weighted by atomic mass is 9.85. The van der Waals surface area contributed by atoms with E-state index < -0.39 is 15.6 Å². The van der Waals surface area contributed by atoms with Crippen LogP contribution in [0, 0.1) is 13.8 Å². The average Bonchev–Trinajstić information content (AvgIpc) is 3.07. The Morgan fingerprint density at radius 1 is 1.00 bits per heavy atom. The van der Waals surface area contributed by atoms with Crippen molar-refractivity contribution in [2.75, 3.05) is 66.2 Å². The van der Waals surface area contributed by atoms with Crippen LogP contribution in [-0.2, 0) is 29.9 Å². The van der Waals surface area contributed by atoms with Crippen molar-refractivity contribution in [3.8, 4) is 5.75 Å². The maximum absolute atomic E-state index is 13.9. The van der Waals surface area contributed by atoms with Crippen molar-refractivity contribution in [3.63, 3.8) is 0 Å². The van der Waals surface area contributed by atoms with Crippen LogP contribution in [0.3, 0.4) is 0 Å². The summed E-state index contributed by atoms with van der Waals surface area (Å²) in [6, 6.07) is 7.24. The van der Waals surface area contributed by atoms with Gasteiger partial charge in [-0.15, -0.1) is 0 Å². The number of benzene rings is 1. The van der Waals surface area contributed by atoms with Crippen LogP contribution in [0.5, 0.6) is 5.75 Å². The highest BCUT2D eigenvalue weighted by atomic mass is 32.2. The smallest absolute Gasteiger partial charge is 0.248 e. The minimum Gasteiger partial charge on any atom is -0.497 e. The first-order valence-electron chi connectivity index (χ1n) is 17.0. The van der Waals surface area contributed by atoms with Gasteiger partial charge in [0.1, 0.15) is 12.4 Å². The van der Waals surface area contributed by atoms with Gasteiger partial charge in [-0.1, -0.05) is 18.9 Å². The second kappa shape index (κ2) is 16.0. The molecule has 3 aliphatic rings. The molecule has 1 aromatic carbocycles. The van der Waals surface area contributed by atoms with Crippen LogP contribution in [0.25, 0.3) is 0 Å². The fraction of sp³-hybridized carbons (Fsp3) is 0.657. The highest BCUT2D eigenvalue weighted by Crippen LogP contribution is 2.37. The zero-order chi connectivity index (χ0) is 32.6. The third-order valence-corrected chi connectivity index (χ3v) is 12.2. The van der Waals surface area contributed by atoms with Crippen LogP contribution in [0.2, 0.25) is 0 Å². The van der Waals surface area contributed by atoms with Crippen molar-refractivity contribution in [2.45, 2.75) is 88.2 Å². The fourth-order valence-electron chi connectivity index (χ4n) is 7.39. The van der Waals surface area contributed by atoms with E-state index >= 15 is 0 Å². The predicted octanol–water partition coefficient (Wildman–Crippen LogP) is 4.68. The van der Waals surface area contributed by atoms with E-state index in [1.165, 1.54) is 32.4 Å². The number of aromatic nitrogens is 1. The average molecular weight is 657 g/mol. The normalized spacial score (nSPS) is 21.3. The Labute approximate surface area is 275 Å². The molecule has 3 fully saturated rings. The van der Waals surface area contributed by atoms with E-state index in [0.717, 1.165) is 31.4 Å². The van der Waals surface area contributed by atoms with Crippen molar-refractivity contribution >= 4 is 15.9 Å². The Balaban J connectivity index is 1.14. The second-order valence-electron chi connectivity index (χ2n) is 13.1. The molecule has 1 unspecified atom stereocenters. The molecular formula is C35H52N4O6S. The van der Waals surface area contributed by atoms with Gasteiger partial charge in [0.25, 0.3) is 0 Å². The van der Waals surface area contributed by atoms with Gasteiger partial charge in [-0.25, -0.2) is 8.42 Å². The molecule has 0 aliphatic carbocycles. The molecule has 3 aliphatic heterocycles. The number of pyridine rings is 1. The van der Waals surface area contributed by atoms with Gasteiger partial charge in [0, 0.05) is 56.8 Å². The number of hydrogen-bond acceptors (Lipinski definition) is 8. The van der Waals surface area contributed by atoms with E-state index in [0.29, 0.717) is 67.3 Å². The number of carbonyl (C=O) groups excluding carboxylic acids is 1. The Kier molecular flexibility index (Phi) is 12.1. The number of likely N-dealkylation sites (tertiary alicyclic amines) is 2. The molecule has 0 saturated carbocycles. The Bertz CT molecular complexity index is 1370. The number of ether oxygens (including phenoxy) is 3. The third kappa shape index (κ3) is 8.28. The number of piperidine rings is 3. The first kappa shape index (κ1) is 34.8. The molecule has 254 valence electrons. The van der Waals surface area contributed by atoms with Gasteiger partial charge in [0.05, 0.1) is 24.2 Å². The van der Waals surface area contributed by atoms with Gasteiger partial charge in [-0.2, -0.15) is 4.31 Å². The van der Waals surface area contributed by atoms with E-state index in [9.17, 15) is 13.2 Å². The van der Waals surface area contributed by atoms with Crippen LogP contribution < -0.4 is 4.74 Å². The maximum Gasteiger partial charge on any atom is 0.248 e. The SMILES string of the molecule is COc1cc(C)c(S(=O)(=O)N2CCCCC2COCC(=O)N2CCC(OCCCN3CCCCC3)(c3cccnc3)CC2)c(C)c1. The van der Waals surface area contributed by atoms with E-state index in [1.54, 1.807) is 43.6 Å². The molecule has 1 atom stereocenters. The number of amides is 1. The zero-order valence-corrected chi connectivity index (χ0v) is 28.7. The van der Waals surface area contributed by atoms with Gasteiger partial charge in [0.15, 0.2) is 0 Å². The maximum atomic E-state index is 13.9. The summed E-state index contributed by atoms with van der Waals surface area (Å²) in [4.78, 5) is 22.4. The van der Waals surface area contributed by atoms with Crippen molar-refractivity contribution in [3.05, 3.63) is 53.3 Å². The number of hydrogen-bond donors (Lipinski definition) is 0. The van der Waals surface area contributed by atoms with Crippen molar-refractivity contribution < 1.29 is 27.4 Å². The lowest BCUT2D eigenvalue weighted by Crippen LogP contribution is -2.49. The zero-order valence-electron chi connectivity index (χ0n) is 27.9. The Hall–Kier alpha value is -2.57. The lowest BCUT2D eigenvalue weighted by molar-refractivity contribution is -0.144. The summed E-state index contributed by atoms with van der Waals surface area (Å²) in [7, 11) is -2.17. The first-order valence-corrected chi connectivity index (χ1v) is 18.5. The van der Waals surface area contributed by atoms with Gasteiger partial charge in [-0.05, 0) is 101 Å². The summed E-state index contributed by atoms with van der Waals surface area (Å²) < 4.78 is 47.3. The minimum absolute atomic E-state index is 0.0679. The minimum atomic E-state index is -3.74. The molecule has 46 heavy (non-hydrogen) atoms. The highest BCUT2D eigenvalue weighted by Gasteiger charge is 2.39. The second-order valence-corrected chi connectivity index (χ2v) is 14.9. The standard InChI is InChI=1S/C35H52N4O6S/c1-28-23-32(43-3)24-29(2)34(28)46(41,42)39-19-8-5-12-31(39)26-44-27-33(40)38-20-13-35(14-21-38,30-11-9-15-36-25-30)45-22-10-18-37-16-6-4-7-17-37/h9,11,15,23-25,31H,4-8,10,12-14,16-22,26-27H2,1-3H3. The van der Waals surface area contributed by atoms with Gasteiger partial charge in [0.2, 0.25) is 15.9 Å². The largest absolute Gasteiger partial charge is 0.497 e. The summed E-state index contributed by atoms with van der Waals surface area (Å²) in [5.41, 5.74) is 1.94. The molecule has 4 heterocycles. The van der Waals surface area contributed by atoms with Crippen molar-refractivity contribution in [1.29, 1.82) is 0 Å². The van der Waals surface area contributed by atoms with E-state index in [2.05, 4.69) is 16.0 Å². The highest BCUT2D eigenvalue weighted by molar-refractivity contribution is 7.89. The van der Waals surface area contributed by atoms with E-state index in [4.69, 9.17) is 14.2 Å². The Morgan fingerprint density at radius 3 is 2.39 bits per heavy atom. The molecule has 3 saturated heterocycles. The summed E-state index contributed by atoms with van der Waals surface area (Å²) in [5.74, 6) is 0.567. The van der Waals surface area contributed by atoms with Gasteiger partial charge in [-0.3, -0.25) is 9.78 Å². The van der Waals surface area contributed by atoms with Crippen LogP contribution in [-0.4, -0.2) is 106 Å². The third-order valence-electron chi connectivity index (χ3n) is 9.90. The first-order chi connectivity index (χ1) is 22.2. The van der Waals surface area contributed by atoms with E-state index in [1.807, 2.05) is 17.2 Å². The van der Waals surface area contributed by atoms with Crippen molar-refractivity contribution in [1.82, 2.24) is 19.1 Å². The van der Waals surface area contributed by atoms with Gasteiger partial charge < -0.3 is 24.0 Å². The summed E-state index contributed by atoms with van der Waals surface area (Å²) in [6.07, 6.45) is 12.4. The molecule has 10 nitrogen and oxygen atoms in total. The molecule has 11 heteroatoms. The van der Waals surface area contributed by atoms with Gasteiger partial charge >= 0.3 is 0 Å². The number of nitrogens with zero attached hydrogens (tertiary/aromatic N) is 4. The molecule has 0 spiro atoms. The molecule has 1 aromatic heterocycles. The number of aryl methyl sites for hydroxylation is 2. The summed E-state index contributed by atoms with van der Waals surface area (Å²) >= 11 is 0. The quantitative estimate of drug-likeness (QED) is 0.287. The molecule has 1 amide bonds. The fourth-order valence-corrected chi connectivity index (χ4v) is 9.48. The molecular weight excluding hydrogens is 604 g/mol. The van der Waals surface area contributed by atoms with Crippen LogP contribution in [0.15, 0.2) is 41.6 Å². The molecule has 0 bridgehead atoms. The number of sulfonamides is 1. The summed E-state index contributed by atoms with van der Waals surface area (Å²) in [6.45, 7) is 9.42. The molecule has 5 rings (SSSR count). The van der Waals surface area contributed by atoms with Crippen LogP contribution >= 0.6 is 0 Å². The molecule has 0 radical (unpaired) electrons. The van der Waals surface area contributed by atoms with Crippen LogP contribution in [0.4, 0.5) is 0 Å². The summed E-state index contributed by atoms with van der Waals surface area (Å²) in [5, 5.41) is 0. The van der Waals surface area contributed by atoms with E-state index in [-0.39, 0.29) is 25.2 Å². The number of rotatable bonds is 13. The molecule has 2 aromatic rings. The topological polar surface area (TPSA) is 102 Å². The van der Waals surface area contributed by atoms with Crippen molar-refractivity contribution in [2.24, 2.45) is 0 Å². The predicted molar refractivity (Wildman–Crippen MR) is 177 cm³/mol. The molecule has 0 N–H and O–H groups in total. The number of methoxy groups -OCH3 is 1. The lowest BCUT2D eigenvalue weighted by Gasteiger charge is -2.42. The monoisotopic (exact) mass is 656 g/mol. The van der Waals surface area contributed by atoms with Crippen LogP contribution in [0.1, 0.15) is 74.5 Å².